The van der Waals surface area contributed by atoms with E-state index in [1.54, 1.807) is 0 Å². The number of nitrogens with two attached hydrogens (primary N) is 2. The van der Waals surface area contributed by atoms with E-state index in [0.29, 0.717) is 17.6 Å². The molecular formula is C41H59N10O11P. The third-order valence-corrected chi connectivity index (χ3v) is 13.0. The number of fused-ring (bicyclic) bond motifs is 2. The highest BCUT2D eigenvalue weighted by molar-refractivity contribution is 7.48. The predicted octanol–water partition coefficient (Wildman–Crippen LogP) is 3.58. The molecule has 2 aliphatic heterocycles. The molecule has 4 aromatic heterocycles. The van der Waals surface area contributed by atoms with Crippen LogP contribution in [0, 0.1) is 22.7 Å². The number of aliphatic hydroxyl groups is 4. The molecule has 0 saturated carbocycles. The van der Waals surface area contributed by atoms with Gasteiger partial charge in [-0.05, 0) is 37.1 Å². The molecular weight excluding hydrogens is 839 g/mol. The van der Waals surface area contributed by atoms with Crippen molar-refractivity contribution in [2.75, 3.05) is 44.5 Å². The Balaban J connectivity index is 1.06. The molecule has 8 N–H and O–H groups in total. The first-order valence-corrected chi connectivity index (χ1v) is 23.1. The minimum atomic E-state index is -4.67. The summed E-state index contributed by atoms with van der Waals surface area (Å²) < 4.78 is 51.5. The molecule has 6 heterocycles. The number of hydrogen-bond acceptors (Lipinski definition) is 19. The number of anilines is 2. The molecule has 21 nitrogen and oxygen atoms in total. The van der Waals surface area contributed by atoms with E-state index in [1.807, 2.05) is 12.1 Å². The van der Waals surface area contributed by atoms with Crippen molar-refractivity contribution in [3.63, 3.8) is 0 Å². The fourth-order valence-corrected chi connectivity index (χ4v) is 9.26. The van der Waals surface area contributed by atoms with Gasteiger partial charge in [0, 0.05) is 13.2 Å². The largest absolute Gasteiger partial charge is 0.474 e. The molecule has 22 heteroatoms. The molecule has 0 amide bonds. The zero-order valence-corrected chi connectivity index (χ0v) is 36.4. The Kier molecular flexibility index (Phi) is 16.8. The predicted molar refractivity (Wildman–Crippen MR) is 225 cm³/mol. The summed E-state index contributed by atoms with van der Waals surface area (Å²) in [5.41, 5.74) is 8.31. The second-order valence-corrected chi connectivity index (χ2v) is 17.6. The van der Waals surface area contributed by atoms with Crippen LogP contribution < -0.4 is 11.5 Å². The highest BCUT2D eigenvalue weighted by atomic mass is 31.2. The van der Waals surface area contributed by atoms with Crippen molar-refractivity contribution in [3.8, 4) is 12.1 Å². The van der Waals surface area contributed by atoms with Crippen LogP contribution in [0.15, 0.2) is 36.9 Å². The third-order valence-electron chi connectivity index (χ3n) is 11.6. The summed E-state index contributed by atoms with van der Waals surface area (Å²) in [6, 6.07) is 9.79. The number of unbranched alkanes of at least 4 members (excludes halogenated alkanes) is 11. The van der Waals surface area contributed by atoms with E-state index in [2.05, 4.69) is 27.1 Å². The molecule has 0 radical (unpaired) electrons. The number of phosphoric acid groups is 1. The summed E-state index contributed by atoms with van der Waals surface area (Å²) in [5.74, 6) is 0.192. The van der Waals surface area contributed by atoms with Gasteiger partial charge >= 0.3 is 7.82 Å². The van der Waals surface area contributed by atoms with Crippen LogP contribution in [0.4, 0.5) is 11.6 Å². The Labute approximate surface area is 365 Å². The molecule has 0 unspecified atom stereocenters. The second kappa shape index (κ2) is 22.0. The molecule has 344 valence electrons. The molecule has 4 aromatic rings. The quantitative estimate of drug-likeness (QED) is 0.0387. The number of aliphatic hydroxyl groups excluding tert-OH is 4. The van der Waals surface area contributed by atoms with Gasteiger partial charge in [0.05, 0.1) is 31.2 Å². The Morgan fingerprint density at radius 3 is 1.54 bits per heavy atom. The van der Waals surface area contributed by atoms with E-state index in [1.165, 1.54) is 91.1 Å². The molecule has 6 rings (SSSR count). The van der Waals surface area contributed by atoms with E-state index >= 15 is 0 Å². The maximum absolute atomic E-state index is 14.3. The Morgan fingerprint density at radius 2 is 1.10 bits per heavy atom. The van der Waals surface area contributed by atoms with Crippen LogP contribution in [0.3, 0.4) is 0 Å². The first-order valence-electron chi connectivity index (χ1n) is 21.6. The summed E-state index contributed by atoms with van der Waals surface area (Å²) in [5, 5.41) is 73.6. The lowest BCUT2D eigenvalue weighted by Crippen LogP contribution is -2.41. The average Bonchev–Trinajstić information content (AvgIpc) is 4.04. The standard InChI is InChI=1S/C41H59N10O11P/c1-2-3-4-5-6-7-8-9-10-11-12-13-19-57-20-14-21-58-63(56,59-22-30-34(52)36(54)40(24-42,61-30)32-17-15-28-38(44)46-26-48-50(28)32)60-23-31-35(53)37(55)41(25-43,62-31)33-18-16-29-39(45)47-27-49-51(29)33/h15-18,26-27,30-31,34-37,52-55H,2-14,19-23H2,1H3,(H2,44,46,48)(H2,45,47,49)/t30-,31-,34-,35-,36-,37-,40+,41+/m1/s1. The van der Waals surface area contributed by atoms with Gasteiger partial charge in [0.15, 0.2) is 11.6 Å². The lowest BCUT2D eigenvalue weighted by atomic mass is 9.92. The average molecular weight is 899 g/mol. The van der Waals surface area contributed by atoms with Crippen LogP contribution in [0.1, 0.15) is 102 Å². The number of nitrogens with zero attached hydrogens (tertiary/aromatic N) is 8. The van der Waals surface area contributed by atoms with Gasteiger partial charge in [-0.2, -0.15) is 20.7 Å². The van der Waals surface area contributed by atoms with Crippen LogP contribution >= 0.6 is 7.82 Å². The van der Waals surface area contributed by atoms with Crippen LogP contribution in [0.25, 0.3) is 11.0 Å². The van der Waals surface area contributed by atoms with E-state index in [9.17, 15) is 35.5 Å². The van der Waals surface area contributed by atoms with Gasteiger partial charge in [-0.1, -0.05) is 77.6 Å². The highest BCUT2D eigenvalue weighted by Gasteiger charge is 2.59. The number of nitriles is 2. The normalized spacial score (nSPS) is 26.1. The molecule has 0 bridgehead atoms. The van der Waals surface area contributed by atoms with E-state index in [4.69, 9.17) is 39.2 Å². The minimum absolute atomic E-state index is 0.0409. The molecule has 0 spiro atoms. The monoisotopic (exact) mass is 898 g/mol. The second-order valence-electron chi connectivity index (χ2n) is 15.9. The number of nitrogen functional groups attached to an aromatic ring is 2. The molecule has 8 atom stereocenters. The van der Waals surface area contributed by atoms with Gasteiger partial charge in [0.1, 0.15) is 72.5 Å². The third kappa shape index (κ3) is 10.6. The van der Waals surface area contributed by atoms with Gasteiger partial charge in [-0.3, -0.25) is 13.6 Å². The van der Waals surface area contributed by atoms with Crippen molar-refractivity contribution >= 4 is 30.5 Å². The topological polar surface area (TPSA) is 313 Å². The Bertz CT molecular complexity index is 2100. The van der Waals surface area contributed by atoms with Gasteiger partial charge in [-0.25, -0.2) is 23.6 Å². The molecule has 2 saturated heterocycles. The van der Waals surface area contributed by atoms with Crippen molar-refractivity contribution in [1.82, 2.24) is 29.2 Å². The summed E-state index contributed by atoms with van der Waals surface area (Å²) in [6.07, 6.45) is 7.26. The first-order chi connectivity index (χ1) is 30.4. The number of rotatable bonds is 26. The van der Waals surface area contributed by atoms with Gasteiger partial charge < -0.3 is 46.1 Å². The Hall–Kier alpha value is -4.35. The summed E-state index contributed by atoms with van der Waals surface area (Å²) >= 11 is 0. The van der Waals surface area contributed by atoms with E-state index in [-0.39, 0.29) is 42.7 Å². The van der Waals surface area contributed by atoms with E-state index < -0.39 is 68.9 Å². The zero-order chi connectivity index (χ0) is 45.0. The SMILES string of the molecule is CCCCCCCCCCCCCCOCCCOP(=O)(OC[C@H]1O[C@@](C#N)(c2ccc3c(N)ncnn23)[C@H](O)[C@@H]1O)OC[C@H]1O[C@@](C#N)(c2ccc3c(N)ncnn23)[C@H](O)[C@@H]1O. The van der Waals surface area contributed by atoms with Crippen LogP contribution in [0.5, 0.6) is 0 Å². The minimum Gasteiger partial charge on any atom is -0.387 e. The Morgan fingerprint density at radius 1 is 0.667 bits per heavy atom. The number of aromatic nitrogens is 6. The van der Waals surface area contributed by atoms with Crippen LogP contribution in [0.2, 0.25) is 0 Å². The number of phosphoric ester groups is 1. The fraction of sp³-hybridized carbons (Fsp3) is 0.659. The smallest absolute Gasteiger partial charge is 0.387 e. The van der Waals surface area contributed by atoms with Gasteiger partial charge in [-0.15, -0.1) is 0 Å². The van der Waals surface area contributed by atoms with E-state index in [0.717, 1.165) is 31.9 Å². The van der Waals surface area contributed by atoms with Crippen molar-refractivity contribution in [2.24, 2.45) is 0 Å². The van der Waals surface area contributed by atoms with Crippen molar-refractivity contribution in [2.45, 2.75) is 138 Å². The lowest BCUT2D eigenvalue weighted by Gasteiger charge is -2.25. The maximum atomic E-state index is 14.3. The van der Waals surface area contributed by atoms with Gasteiger partial charge in [0.25, 0.3) is 0 Å². The van der Waals surface area contributed by atoms with Crippen molar-refractivity contribution < 1.29 is 52.8 Å². The summed E-state index contributed by atoms with van der Waals surface area (Å²) in [4.78, 5) is 7.86. The van der Waals surface area contributed by atoms with Crippen molar-refractivity contribution in [1.29, 1.82) is 10.5 Å². The molecule has 2 aliphatic rings. The maximum Gasteiger partial charge on any atom is 0.474 e. The van der Waals surface area contributed by atoms with Crippen LogP contribution in [-0.2, 0) is 43.5 Å². The number of hydrogen-bond donors (Lipinski definition) is 6. The zero-order valence-electron chi connectivity index (χ0n) is 35.5. The molecule has 0 aliphatic carbocycles. The molecule has 0 aromatic carbocycles. The van der Waals surface area contributed by atoms with Crippen molar-refractivity contribution in [3.05, 3.63) is 48.3 Å². The lowest BCUT2D eigenvalue weighted by molar-refractivity contribution is -0.0741. The van der Waals surface area contributed by atoms with Gasteiger partial charge in [0.2, 0.25) is 11.2 Å². The number of ether oxygens (including phenoxy) is 3. The summed E-state index contributed by atoms with van der Waals surface area (Å²) in [7, 11) is -4.67. The van der Waals surface area contributed by atoms with Crippen LogP contribution in [-0.4, -0.2) is 119 Å². The molecule has 63 heavy (non-hydrogen) atoms. The highest BCUT2D eigenvalue weighted by Crippen LogP contribution is 2.52. The summed E-state index contributed by atoms with van der Waals surface area (Å²) in [6.45, 7) is 1.44. The molecule has 2 fully saturated rings. The fourth-order valence-electron chi connectivity index (χ4n) is 8.03. The first kappa shape index (κ1) is 48.1.